The van der Waals surface area contributed by atoms with Crippen LogP contribution in [0.15, 0.2) is 36.0 Å². The Morgan fingerprint density at radius 1 is 1.40 bits per heavy atom. The predicted octanol–water partition coefficient (Wildman–Crippen LogP) is 2.06. The van der Waals surface area contributed by atoms with Gasteiger partial charge in [0, 0.05) is 18.8 Å². The Morgan fingerprint density at radius 2 is 2.10 bits per heavy atom. The monoisotopic (exact) mass is 271 g/mol. The van der Waals surface area contributed by atoms with Gasteiger partial charge in [-0.05, 0) is 38.3 Å². The summed E-state index contributed by atoms with van der Waals surface area (Å²) in [4.78, 5) is 11.7. The van der Waals surface area contributed by atoms with Crippen molar-refractivity contribution in [3.05, 3.63) is 47.2 Å². The zero-order valence-electron chi connectivity index (χ0n) is 12.2. The molecular formula is C16H21N3O. The van der Waals surface area contributed by atoms with E-state index >= 15 is 0 Å². The minimum absolute atomic E-state index is 0.0196. The van der Waals surface area contributed by atoms with Crippen molar-refractivity contribution in [1.29, 1.82) is 5.26 Å². The van der Waals surface area contributed by atoms with Gasteiger partial charge in [-0.25, -0.2) is 0 Å². The topological polar surface area (TPSA) is 64.9 Å². The van der Waals surface area contributed by atoms with Crippen molar-refractivity contribution in [1.82, 2.24) is 10.6 Å². The fourth-order valence-electron chi connectivity index (χ4n) is 1.76. The van der Waals surface area contributed by atoms with E-state index in [9.17, 15) is 4.79 Å². The minimum Gasteiger partial charge on any atom is -0.389 e. The Balaban J connectivity index is 2.49. The number of nitrogens with one attached hydrogen (secondary N) is 2. The number of carbonyl (C=O) groups excluding carboxylic acids is 1. The summed E-state index contributed by atoms with van der Waals surface area (Å²) < 4.78 is 0. The maximum absolute atomic E-state index is 11.7. The Hall–Kier alpha value is -2.28. The number of hydrogen-bond acceptors (Lipinski definition) is 3. The molecule has 0 heterocycles. The molecule has 0 radical (unpaired) electrons. The van der Waals surface area contributed by atoms with Crippen LogP contribution in [-0.4, -0.2) is 18.5 Å². The fourth-order valence-corrected chi connectivity index (χ4v) is 1.76. The Morgan fingerprint density at radius 3 is 2.70 bits per heavy atom. The fraction of sp³-hybridized carbons (Fsp3) is 0.375. The van der Waals surface area contributed by atoms with Crippen LogP contribution in [0.2, 0.25) is 0 Å². The van der Waals surface area contributed by atoms with E-state index < -0.39 is 0 Å². The van der Waals surface area contributed by atoms with Crippen molar-refractivity contribution in [2.75, 3.05) is 6.54 Å². The minimum atomic E-state index is -0.342. The second-order valence-corrected chi connectivity index (χ2v) is 4.93. The summed E-state index contributed by atoms with van der Waals surface area (Å²) in [6.45, 7) is 6.48. The predicted molar refractivity (Wildman–Crippen MR) is 79.9 cm³/mol. The molecule has 0 saturated carbocycles. The van der Waals surface area contributed by atoms with E-state index in [0.717, 1.165) is 6.42 Å². The van der Waals surface area contributed by atoms with Crippen LogP contribution >= 0.6 is 0 Å². The summed E-state index contributed by atoms with van der Waals surface area (Å²) in [6.07, 6.45) is 2.34. The van der Waals surface area contributed by atoms with Gasteiger partial charge in [-0.3, -0.25) is 4.79 Å². The highest BCUT2D eigenvalue weighted by molar-refractivity contribution is 5.97. The third-order valence-electron chi connectivity index (χ3n) is 2.83. The van der Waals surface area contributed by atoms with Gasteiger partial charge >= 0.3 is 0 Å². The van der Waals surface area contributed by atoms with Crippen molar-refractivity contribution >= 4 is 5.91 Å². The molecule has 1 aromatic rings. The zero-order valence-corrected chi connectivity index (χ0v) is 12.2. The van der Waals surface area contributed by atoms with Gasteiger partial charge in [-0.15, -0.1) is 0 Å². The lowest BCUT2D eigenvalue weighted by molar-refractivity contribution is -0.117. The average molecular weight is 271 g/mol. The van der Waals surface area contributed by atoms with Crippen LogP contribution in [0.5, 0.6) is 0 Å². The SMILES string of the molecule is Cc1ccccc1CCN/C=C(/C#N)C(=O)NC(C)C. The van der Waals surface area contributed by atoms with Crippen molar-refractivity contribution in [3.63, 3.8) is 0 Å². The first-order valence-electron chi connectivity index (χ1n) is 6.73. The number of carbonyl (C=O) groups is 1. The van der Waals surface area contributed by atoms with E-state index in [1.54, 1.807) is 0 Å². The molecule has 0 saturated heterocycles. The highest BCUT2D eigenvalue weighted by Gasteiger charge is 2.09. The Kier molecular flexibility index (Phi) is 6.31. The second-order valence-electron chi connectivity index (χ2n) is 4.93. The molecule has 0 aliphatic heterocycles. The van der Waals surface area contributed by atoms with Crippen LogP contribution in [0.4, 0.5) is 0 Å². The van der Waals surface area contributed by atoms with Crippen LogP contribution in [0.1, 0.15) is 25.0 Å². The standard InChI is InChI=1S/C16H21N3O/c1-12(2)19-16(20)15(10-17)11-18-9-8-14-7-5-4-6-13(14)3/h4-7,11-12,18H,8-9H2,1-3H3,(H,19,20)/b15-11-. The quantitative estimate of drug-likeness (QED) is 0.473. The van der Waals surface area contributed by atoms with Gasteiger partial charge in [0.05, 0.1) is 0 Å². The van der Waals surface area contributed by atoms with Crippen LogP contribution < -0.4 is 10.6 Å². The molecular weight excluding hydrogens is 250 g/mol. The molecule has 0 aliphatic carbocycles. The third-order valence-corrected chi connectivity index (χ3v) is 2.83. The highest BCUT2D eigenvalue weighted by atomic mass is 16.1. The summed E-state index contributed by atoms with van der Waals surface area (Å²) in [5.41, 5.74) is 2.61. The van der Waals surface area contributed by atoms with E-state index in [0.29, 0.717) is 6.54 Å². The summed E-state index contributed by atoms with van der Waals surface area (Å²) >= 11 is 0. The zero-order chi connectivity index (χ0) is 15.0. The number of rotatable bonds is 6. The number of nitriles is 1. The molecule has 0 aliphatic rings. The molecule has 1 amide bonds. The largest absolute Gasteiger partial charge is 0.389 e. The first-order valence-corrected chi connectivity index (χ1v) is 6.73. The average Bonchev–Trinajstić information content (AvgIpc) is 2.39. The number of nitrogens with zero attached hydrogens (tertiary/aromatic N) is 1. The summed E-state index contributed by atoms with van der Waals surface area (Å²) in [5, 5.41) is 14.7. The van der Waals surface area contributed by atoms with Crippen LogP contribution in [0.3, 0.4) is 0 Å². The summed E-state index contributed by atoms with van der Waals surface area (Å²) in [5.74, 6) is -0.342. The third kappa shape index (κ3) is 5.15. The van der Waals surface area contributed by atoms with Crippen LogP contribution in [-0.2, 0) is 11.2 Å². The molecule has 0 unspecified atom stereocenters. The van der Waals surface area contributed by atoms with Crippen molar-refractivity contribution < 1.29 is 4.79 Å². The van der Waals surface area contributed by atoms with Gasteiger partial charge in [0.1, 0.15) is 11.6 Å². The normalized spacial score (nSPS) is 11.1. The molecule has 0 atom stereocenters. The maximum atomic E-state index is 11.7. The molecule has 2 N–H and O–H groups in total. The molecule has 20 heavy (non-hydrogen) atoms. The molecule has 0 aromatic heterocycles. The van der Waals surface area contributed by atoms with Gasteiger partial charge in [-0.2, -0.15) is 5.26 Å². The molecule has 106 valence electrons. The molecule has 4 nitrogen and oxygen atoms in total. The van der Waals surface area contributed by atoms with Crippen molar-refractivity contribution in [2.45, 2.75) is 33.2 Å². The van der Waals surface area contributed by atoms with E-state index in [-0.39, 0.29) is 17.5 Å². The molecule has 1 aromatic carbocycles. The van der Waals surface area contributed by atoms with Gasteiger partial charge in [-0.1, -0.05) is 24.3 Å². The molecule has 0 bridgehead atoms. The number of benzene rings is 1. The Bertz CT molecular complexity index is 527. The van der Waals surface area contributed by atoms with Gasteiger partial charge in [0.25, 0.3) is 5.91 Å². The van der Waals surface area contributed by atoms with Crippen molar-refractivity contribution in [3.8, 4) is 6.07 Å². The lowest BCUT2D eigenvalue weighted by atomic mass is 10.1. The first-order chi connectivity index (χ1) is 9.54. The van der Waals surface area contributed by atoms with Gasteiger partial charge in [0.15, 0.2) is 0 Å². The first kappa shape index (κ1) is 15.8. The van der Waals surface area contributed by atoms with Crippen molar-refractivity contribution in [2.24, 2.45) is 0 Å². The highest BCUT2D eigenvalue weighted by Crippen LogP contribution is 2.06. The number of amides is 1. The molecule has 0 fully saturated rings. The second kappa shape index (κ2) is 8.00. The number of hydrogen-bond donors (Lipinski definition) is 2. The van der Waals surface area contributed by atoms with Gasteiger partial charge < -0.3 is 10.6 Å². The Labute approximate surface area is 120 Å². The van der Waals surface area contributed by atoms with E-state index in [1.165, 1.54) is 17.3 Å². The van der Waals surface area contributed by atoms with E-state index in [2.05, 4.69) is 29.7 Å². The van der Waals surface area contributed by atoms with Crippen LogP contribution in [0, 0.1) is 18.3 Å². The smallest absolute Gasteiger partial charge is 0.263 e. The van der Waals surface area contributed by atoms with E-state index in [1.807, 2.05) is 32.0 Å². The maximum Gasteiger partial charge on any atom is 0.263 e. The summed E-state index contributed by atoms with van der Waals surface area (Å²) in [7, 11) is 0. The number of aryl methyl sites for hydroxylation is 1. The molecule has 0 spiro atoms. The van der Waals surface area contributed by atoms with Crippen LogP contribution in [0.25, 0.3) is 0 Å². The molecule has 4 heteroatoms. The molecule has 1 rings (SSSR count). The van der Waals surface area contributed by atoms with E-state index in [4.69, 9.17) is 5.26 Å². The lowest BCUT2D eigenvalue weighted by Gasteiger charge is -2.08. The lowest BCUT2D eigenvalue weighted by Crippen LogP contribution is -2.31. The van der Waals surface area contributed by atoms with Gasteiger partial charge in [0.2, 0.25) is 0 Å². The summed E-state index contributed by atoms with van der Waals surface area (Å²) in [6, 6.07) is 10.1.